The molecule has 0 saturated carbocycles. The molecular weight excluding hydrogens is 451 g/mol. The molecule has 0 spiro atoms. The number of aryl methyl sites for hydroxylation is 1. The Morgan fingerprint density at radius 2 is 2.03 bits per heavy atom. The van der Waals surface area contributed by atoms with Crippen LogP contribution in [0.3, 0.4) is 0 Å². The van der Waals surface area contributed by atoms with Gasteiger partial charge in [0.05, 0.1) is 18.8 Å². The number of ether oxygens (including phenoxy) is 1. The first kappa shape index (κ1) is 24.2. The van der Waals surface area contributed by atoms with Crippen molar-refractivity contribution in [3.05, 3.63) is 53.3 Å². The summed E-state index contributed by atoms with van der Waals surface area (Å²) in [6.45, 7) is 3.63. The summed E-state index contributed by atoms with van der Waals surface area (Å²) in [6.07, 6.45) is 2.86. The molecule has 35 heavy (non-hydrogen) atoms. The molecule has 0 radical (unpaired) electrons. The number of piperidine rings is 1. The number of hydrogen-bond acceptors (Lipinski definition) is 6. The molecule has 0 atom stereocenters. The second-order valence-electron chi connectivity index (χ2n) is 8.39. The van der Waals surface area contributed by atoms with Crippen molar-refractivity contribution in [2.24, 2.45) is 5.73 Å². The Bertz CT molecular complexity index is 1250. The van der Waals surface area contributed by atoms with E-state index in [2.05, 4.69) is 5.32 Å². The van der Waals surface area contributed by atoms with Gasteiger partial charge < -0.3 is 21.5 Å². The first-order valence-corrected chi connectivity index (χ1v) is 11.5. The second-order valence-corrected chi connectivity index (χ2v) is 8.39. The van der Waals surface area contributed by atoms with E-state index in [-0.39, 0.29) is 23.1 Å². The highest BCUT2D eigenvalue weighted by Crippen LogP contribution is 2.38. The number of anilines is 3. The van der Waals surface area contributed by atoms with Crippen molar-refractivity contribution < 1.29 is 18.7 Å². The van der Waals surface area contributed by atoms with Gasteiger partial charge in [-0.2, -0.15) is 5.10 Å². The highest BCUT2D eigenvalue weighted by molar-refractivity contribution is 6.04. The number of aromatic nitrogens is 2. The van der Waals surface area contributed by atoms with Crippen molar-refractivity contribution in [3.8, 4) is 17.0 Å². The van der Waals surface area contributed by atoms with Crippen LogP contribution < -0.4 is 26.4 Å². The van der Waals surface area contributed by atoms with Crippen molar-refractivity contribution in [1.29, 1.82) is 0 Å². The van der Waals surface area contributed by atoms with E-state index in [1.54, 1.807) is 22.9 Å². The Morgan fingerprint density at radius 1 is 1.29 bits per heavy atom. The summed E-state index contributed by atoms with van der Waals surface area (Å²) in [4.78, 5) is 25.8. The zero-order valence-corrected chi connectivity index (χ0v) is 19.8. The number of nitrogens with two attached hydrogens (primary N) is 2. The quantitative estimate of drug-likeness (QED) is 0.425. The van der Waals surface area contributed by atoms with Gasteiger partial charge in [-0.1, -0.05) is 13.0 Å². The van der Waals surface area contributed by atoms with E-state index in [9.17, 15) is 14.0 Å². The first-order valence-electron chi connectivity index (χ1n) is 11.5. The van der Waals surface area contributed by atoms with Gasteiger partial charge in [0.1, 0.15) is 28.6 Å². The lowest BCUT2D eigenvalue weighted by Crippen LogP contribution is -2.30. The smallest absolute Gasteiger partial charge is 0.254 e. The third-order valence-electron chi connectivity index (χ3n) is 6.36. The number of nitrogens with one attached hydrogen (secondary N) is 1. The van der Waals surface area contributed by atoms with E-state index >= 15 is 0 Å². The van der Waals surface area contributed by atoms with E-state index < -0.39 is 11.7 Å². The van der Waals surface area contributed by atoms with Gasteiger partial charge in [-0.3, -0.25) is 14.5 Å². The fourth-order valence-corrected chi connectivity index (χ4v) is 4.57. The molecule has 10 heteroatoms. The number of carbonyl (C=O) groups is 2. The van der Waals surface area contributed by atoms with Crippen LogP contribution in [0.4, 0.5) is 21.6 Å². The van der Waals surface area contributed by atoms with Crippen LogP contribution in [0.25, 0.3) is 11.3 Å². The fraction of sp³-hybridized carbons (Fsp3) is 0.320. The molecule has 5 N–H and O–H groups in total. The van der Waals surface area contributed by atoms with Gasteiger partial charge in [0, 0.05) is 17.3 Å². The van der Waals surface area contributed by atoms with Gasteiger partial charge in [-0.05, 0) is 62.2 Å². The number of methoxy groups -OCH3 is 1. The van der Waals surface area contributed by atoms with E-state index in [1.165, 1.54) is 30.2 Å². The van der Waals surface area contributed by atoms with E-state index in [0.29, 0.717) is 35.5 Å². The molecule has 184 valence electrons. The maximum absolute atomic E-state index is 14.0. The summed E-state index contributed by atoms with van der Waals surface area (Å²) in [5, 5.41) is 8.04. The average Bonchev–Trinajstić information content (AvgIpc) is 3.22. The van der Waals surface area contributed by atoms with Crippen molar-refractivity contribution in [2.75, 3.05) is 30.8 Å². The van der Waals surface area contributed by atoms with E-state index in [1.807, 2.05) is 6.92 Å². The van der Waals surface area contributed by atoms with Crippen LogP contribution in [-0.2, 0) is 11.2 Å². The molecule has 2 aromatic carbocycles. The Morgan fingerprint density at radius 3 is 2.66 bits per heavy atom. The standard InChI is InChI=1S/C25H29FN6O3/c1-3-15-12-18(31(14-33)20-13-16(26)4-7-21(20)35-2)5-6-19(15)23-22(25(28)34)24(27)32(30-23)17-8-10-29-11-9-17/h4-7,12-14,17,29H,3,8-11,27H2,1-2H3,(H2,28,34). The number of hydrogen-bond donors (Lipinski definition) is 3. The minimum atomic E-state index is -0.650. The molecule has 0 unspecified atom stereocenters. The highest BCUT2D eigenvalue weighted by atomic mass is 19.1. The van der Waals surface area contributed by atoms with Crippen molar-refractivity contribution in [2.45, 2.75) is 32.2 Å². The molecular formula is C25H29FN6O3. The third-order valence-corrected chi connectivity index (χ3v) is 6.36. The summed E-state index contributed by atoms with van der Waals surface area (Å²) in [7, 11) is 1.45. The van der Waals surface area contributed by atoms with Crippen LogP contribution in [0.15, 0.2) is 36.4 Å². The summed E-state index contributed by atoms with van der Waals surface area (Å²) in [5.74, 6) is -0.539. The van der Waals surface area contributed by atoms with Crippen molar-refractivity contribution in [1.82, 2.24) is 15.1 Å². The molecule has 4 rings (SSSR count). The van der Waals surface area contributed by atoms with Gasteiger partial charge in [0.15, 0.2) is 0 Å². The fourth-order valence-electron chi connectivity index (χ4n) is 4.57. The minimum Gasteiger partial charge on any atom is -0.495 e. The van der Waals surface area contributed by atoms with Crippen LogP contribution >= 0.6 is 0 Å². The number of benzene rings is 2. The number of primary amides is 1. The molecule has 1 saturated heterocycles. The van der Waals surface area contributed by atoms with Gasteiger partial charge in [0.2, 0.25) is 6.41 Å². The molecule has 1 aliphatic rings. The topological polar surface area (TPSA) is 128 Å². The van der Waals surface area contributed by atoms with Crippen molar-refractivity contribution >= 4 is 29.5 Å². The SMILES string of the molecule is CCc1cc(N(C=O)c2cc(F)ccc2OC)ccc1-c1nn(C2CCNCC2)c(N)c1C(N)=O. The lowest BCUT2D eigenvalue weighted by molar-refractivity contribution is -0.106. The van der Waals surface area contributed by atoms with E-state index in [4.69, 9.17) is 21.3 Å². The Balaban J connectivity index is 1.81. The van der Waals surface area contributed by atoms with Gasteiger partial charge >= 0.3 is 0 Å². The largest absolute Gasteiger partial charge is 0.495 e. The summed E-state index contributed by atoms with van der Waals surface area (Å²) in [6, 6.07) is 9.32. The van der Waals surface area contributed by atoms with Crippen LogP contribution in [0, 0.1) is 5.82 Å². The maximum atomic E-state index is 14.0. The second kappa shape index (κ2) is 10.1. The molecule has 2 heterocycles. The molecule has 1 aromatic heterocycles. The Labute approximate surface area is 202 Å². The molecule has 1 fully saturated rings. The molecule has 2 amide bonds. The number of halogens is 1. The van der Waals surface area contributed by atoms with Crippen LogP contribution in [-0.4, -0.2) is 42.3 Å². The molecule has 0 aliphatic carbocycles. The Hall–Kier alpha value is -3.92. The van der Waals surface area contributed by atoms with Gasteiger partial charge in [-0.25, -0.2) is 9.07 Å². The molecule has 9 nitrogen and oxygen atoms in total. The molecule has 1 aliphatic heterocycles. The number of nitrogen functional groups attached to an aromatic ring is 1. The van der Waals surface area contributed by atoms with Crippen molar-refractivity contribution in [3.63, 3.8) is 0 Å². The van der Waals surface area contributed by atoms with Gasteiger partial charge in [0.25, 0.3) is 5.91 Å². The lowest BCUT2D eigenvalue weighted by Gasteiger charge is -2.23. The predicted molar refractivity (Wildman–Crippen MR) is 132 cm³/mol. The third kappa shape index (κ3) is 4.57. The minimum absolute atomic E-state index is 0.0680. The van der Waals surface area contributed by atoms with Crippen LogP contribution in [0.2, 0.25) is 0 Å². The van der Waals surface area contributed by atoms with E-state index in [0.717, 1.165) is 31.5 Å². The summed E-state index contributed by atoms with van der Waals surface area (Å²) < 4.78 is 21.0. The zero-order chi connectivity index (χ0) is 25.1. The number of rotatable bonds is 8. The lowest BCUT2D eigenvalue weighted by atomic mass is 9.98. The summed E-state index contributed by atoms with van der Waals surface area (Å²) in [5.41, 5.74) is 15.0. The Kier molecular flexibility index (Phi) is 7.02. The summed E-state index contributed by atoms with van der Waals surface area (Å²) >= 11 is 0. The molecule has 3 aromatic rings. The predicted octanol–water partition coefficient (Wildman–Crippen LogP) is 3.16. The normalized spacial score (nSPS) is 14.0. The molecule has 0 bridgehead atoms. The number of carbonyl (C=O) groups excluding carboxylic acids is 2. The average molecular weight is 481 g/mol. The first-order chi connectivity index (χ1) is 16.9. The van der Waals surface area contributed by atoms with Crippen LogP contribution in [0.1, 0.15) is 41.7 Å². The van der Waals surface area contributed by atoms with Gasteiger partial charge in [-0.15, -0.1) is 0 Å². The highest BCUT2D eigenvalue weighted by Gasteiger charge is 2.27. The number of nitrogens with zero attached hydrogens (tertiary/aromatic N) is 3. The number of amides is 2. The zero-order valence-electron chi connectivity index (χ0n) is 19.8. The van der Waals surface area contributed by atoms with Crippen LogP contribution in [0.5, 0.6) is 5.75 Å². The maximum Gasteiger partial charge on any atom is 0.254 e. The monoisotopic (exact) mass is 480 g/mol.